The van der Waals surface area contributed by atoms with Crippen molar-refractivity contribution in [3.05, 3.63) is 82.9 Å². The van der Waals surface area contributed by atoms with Gasteiger partial charge in [0.2, 0.25) is 0 Å². The summed E-state index contributed by atoms with van der Waals surface area (Å²) in [5.41, 5.74) is 2.95. The van der Waals surface area contributed by atoms with Crippen molar-refractivity contribution >= 4 is 23.2 Å². The summed E-state index contributed by atoms with van der Waals surface area (Å²) in [7, 11) is 0. The van der Waals surface area contributed by atoms with E-state index in [4.69, 9.17) is 0 Å². The van der Waals surface area contributed by atoms with Gasteiger partial charge in [0.15, 0.2) is 0 Å². The molecular formula is C34H44N2O4. The molecule has 0 bridgehead atoms. The van der Waals surface area contributed by atoms with Crippen LogP contribution in [-0.4, -0.2) is 22.0 Å². The third kappa shape index (κ3) is 9.15. The van der Waals surface area contributed by atoms with E-state index in [1.807, 2.05) is 12.1 Å². The highest BCUT2D eigenvalue weighted by atomic mass is 16.3. The monoisotopic (exact) mass is 544 g/mol. The first kappa shape index (κ1) is 30.7. The summed E-state index contributed by atoms with van der Waals surface area (Å²) < 4.78 is 0. The van der Waals surface area contributed by atoms with E-state index in [-0.39, 0.29) is 22.6 Å². The predicted octanol–water partition coefficient (Wildman–Crippen LogP) is 8.63. The molecule has 0 aliphatic heterocycles. The maximum absolute atomic E-state index is 13.0. The molecule has 0 heterocycles. The number of rotatable bonds is 16. The number of carbonyl (C=O) groups is 2. The lowest BCUT2D eigenvalue weighted by molar-refractivity contribution is 0.101. The molecule has 6 heteroatoms. The SMILES string of the molecule is CCCCCCCc1cccc(C(=O)Nc2cccc(NC(=O)c3cccc(CCCCCCC)c3O)c2)c1O. The first-order valence-electron chi connectivity index (χ1n) is 14.8. The molecule has 214 valence electrons. The molecule has 40 heavy (non-hydrogen) atoms. The number of phenolic OH excluding ortho intramolecular Hbond substituents is 2. The van der Waals surface area contributed by atoms with Crippen molar-refractivity contribution in [3.63, 3.8) is 0 Å². The highest BCUT2D eigenvalue weighted by Gasteiger charge is 2.17. The zero-order chi connectivity index (χ0) is 28.7. The van der Waals surface area contributed by atoms with Crippen LogP contribution in [0.4, 0.5) is 11.4 Å². The van der Waals surface area contributed by atoms with E-state index in [9.17, 15) is 19.8 Å². The molecule has 0 radical (unpaired) electrons. The number of phenols is 2. The molecule has 0 aliphatic rings. The fourth-order valence-corrected chi connectivity index (χ4v) is 4.86. The van der Waals surface area contributed by atoms with E-state index in [2.05, 4.69) is 24.5 Å². The number of hydrogen-bond acceptors (Lipinski definition) is 4. The summed E-state index contributed by atoms with van der Waals surface area (Å²) >= 11 is 0. The number of aryl methyl sites for hydroxylation is 2. The van der Waals surface area contributed by atoms with Gasteiger partial charge in [0.25, 0.3) is 11.8 Å². The Kier molecular flexibility index (Phi) is 12.6. The molecule has 2 amide bonds. The van der Waals surface area contributed by atoms with E-state index in [1.165, 1.54) is 38.5 Å². The minimum absolute atomic E-state index is 0.0145. The average molecular weight is 545 g/mol. The van der Waals surface area contributed by atoms with E-state index in [1.54, 1.807) is 48.5 Å². The normalized spacial score (nSPS) is 10.8. The van der Waals surface area contributed by atoms with Crippen molar-refractivity contribution in [2.75, 3.05) is 10.6 Å². The number of anilines is 2. The second-order valence-electron chi connectivity index (χ2n) is 10.4. The van der Waals surface area contributed by atoms with E-state index < -0.39 is 11.8 Å². The Morgan fingerprint density at radius 3 is 1.40 bits per heavy atom. The van der Waals surface area contributed by atoms with Crippen molar-refractivity contribution in [1.82, 2.24) is 0 Å². The summed E-state index contributed by atoms with van der Waals surface area (Å²) in [4.78, 5) is 26.0. The van der Waals surface area contributed by atoms with Crippen molar-refractivity contribution in [3.8, 4) is 11.5 Å². The van der Waals surface area contributed by atoms with Crippen molar-refractivity contribution in [2.24, 2.45) is 0 Å². The molecule has 3 rings (SSSR count). The largest absolute Gasteiger partial charge is 0.507 e. The van der Waals surface area contributed by atoms with Gasteiger partial charge in [-0.3, -0.25) is 9.59 Å². The van der Waals surface area contributed by atoms with Gasteiger partial charge in [-0.2, -0.15) is 0 Å². The molecule has 0 fully saturated rings. The average Bonchev–Trinajstić information content (AvgIpc) is 2.94. The minimum Gasteiger partial charge on any atom is -0.507 e. The molecule has 0 saturated carbocycles. The van der Waals surface area contributed by atoms with Crippen LogP contribution < -0.4 is 10.6 Å². The summed E-state index contributed by atoms with van der Waals surface area (Å²) in [6.45, 7) is 4.36. The summed E-state index contributed by atoms with van der Waals surface area (Å²) in [6, 6.07) is 17.3. The quantitative estimate of drug-likeness (QED) is 0.136. The van der Waals surface area contributed by atoms with Gasteiger partial charge in [0.1, 0.15) is 11.5 Å². The molecule has 0 spiro atoms. The fraction of sp³-hybridized carbons (Fsp3) is 0.412. The third-order valence-corrected chi connectivity index (χ3v) is 7.21. The number of amides is 2. The number of nitrogens with one attached hydrogen (secondary N) is 2. The lowest BCUT2D eigenvalue weighted by Gasteiger charge is -2.13. The summed E-state index contributed by atoms with van der Waals surface area (Å²) in [5, 5.41) is 27.1. The lowest BCUT2D eigenvalue weighted by atomic mass is 10.0. The second kappa shape index (κ2) is 16.3. The van der Waals surface area contributed by atoms with Crippen molar-refractivity contribution in [2.45, 2.75) is 90.9 Å². The Morgan fingerprint density at radius 2 is 0.975 bits per heavy atom. The molecule has 0 saturated heterocycles. The van der Waals surface area contributed by atoms with Crippen LogP contribution in [0.1, 0.15) is 110 Å². The van der Waals surface area contributed by atoms with E-state index in [0.29, 0.717) is 11.4 Å². The number of para-hydroxylation sites is 2. The third-order valence-electron chi connectivity index (χ3n) is 7.21. The van der Waals surface area contributed by atoms with Gasteiger partial charge in [-0.25, -0.2) is 0 Å². The van der Waals surface area contributed by atoms with Gasteiger partial charge >= 0.3 is 0 Å². The van der Waals surface area contributed by atoms with Crippen LogP contribution >= 0.6 is 0 Å². The Balaban J connectivity index is 1.62. The standard InChI is InChI=1S/C34H44N2O4/c1-3-5-7-9-11-16-25-18-13-22-29(31(25)37)33(39)35-27-20-15-21-28(24-27)36-34(40)30-23-14-19-26(32(30)38)17-12-10-8-6-4-2/h13-15,18-24,37-38H,3-12,16-17H2,1-2H3,(H,35,39)(H,36,40). The van der Waals surface area contributed by atoms with Crippen LogP contribution in [0, 0.1) is 0 Å². The van der Waals surface area contributed by atoms with E-state index >= 15 is 0 Å². The Labute approximate surface area is 238 Å². The van der Waals surface area contributed by atoms with Gasteiger partial charge in [-0.1, -0.05) is 95.5 Å². The zero-order valence-electron chi connectivity index (χ0n) is 24.0. The molecule has 0 aromatic heterocycles. The molecule has 0 unspecified atom stereocenters. The Hall–Kier alpha value is -3.80. The van der Waals surface area contributed by atoms with Gasteiger partial charge in [-0.15, -0.1) is 0 Å². The van der Waals surface area contributed by atoms with Gasteiger partial charge in [0.05, 0.1) is 11.1 Å². The lowest BCUT2D eigenvalue weighted by Crippen LogP contribution is -2.15. The van der Waals surface area contributed by atoms with Crippen LogP contribution in [0.25, 0.3) is 0 Å². The van der Waals surface area contributed by atoms with Crippen molar-refractivity contribution < 1.29 is 19.8 Å². The number of unbranched alkanes of at least 4 members (excludes halogenated alkanes) is 8. The number of carbonyl (C=O) groups excluding carboxylic acids is 2. The molecule has 0 atom stereocenters. The van der Waals surface area contributed by atoms with Crippen LogP contribution in [0.2, 0.25) is 0 Å². The minimum atomic E-state index is -0.418. The predicted molar refractivity (Wildman–Crippen MR) is 163 cm³/mol. The smallest absolute Gasteiger partial charge is 0.259 e. The Bertz CT molecular complexity index is 1160. The molecule has 6 nitrogen and oxygen atoms in total. The molecular weight excluding hydrogens is 500 g/mol. The number of benzene rings is 3. The second-order valence-corrected chi connectivity index (χ2v) is 10.4. The Morgan fingerprint density at radius 1 is 0.575 bits per heavy atom. The zero-order valence-corrected chi connectivity index (χ0v) is 24.0. The van der Waals surface area contributed by atoms with Crippen molar-refractivity contribution in [1.29, 1.82) is 0 Å². The van der Waals surface area contributed by atoms with Gasteiger partial charge < -0.3 is 20.8 Å². The summed E-state index contributed by atoms with van der Waals surface area (Å²) in [6.07, 6.45) is 12.7. The first-order chi connectivity index (χ1) is 19.4. The maximum Gasteiger partial charge on any atom is 0.259 e. The summed E-state index contributed by atoms with van der Waals surface area (Å²) in [5.74, 6) is -0.808. The topological polar surface area (TPSA) is 98.7 Å². The van der Waals surface area contributed by atoms with Crippen LogP contribution in [0.5, 0.6) is 11.5 Å². The van der Waals surface area contributed by atoms with Gasteiger partial charge in [-0.05, 0) is 67.1 Å². The molecule has 4 N–H and O–H groups in total. The maximum atomic E-state index is 13.0. The van der Waals surface area contributed by atoms with Crippen LogP contribution in [0.3, 0.4) is 0 Å². The fourth-order valence-electron chi connectivity index (χ4n) is 4.86. The highest BCUT2D eigenvalue weighted by molar-refractivity contribution is 6.08. The van der Waals surface area contributed by atoms with Gasteiger partial charge in [0, 0.05) is 11.4 Å². The number of aromatic hydroxyl groups is 2. The van der Waals surface area contributed by atoms with E-state index in [0.717, 1.165) is 49.7 Å². The molecule has 3 aromatic rings. The highest BCUT2D eigenvalue weighted by Crippen LogP contribution is 2.28. The number of hydrogen-bond donors (Lipinski definition) is 4. The molecule has 3 aromatic carbocycles. The van der Waals surface area contributed by atoms with Crippen LogP contribution in [-0.2, 0) is 12.8 Å². The van der Waals surface area contributed by atoms with Crippen LogP contribution in [0.15, 0.2) is 60.7 Å². The first-order valence-corrected chi connectivity index (χ1v) is 14.8. The molecule has 0 aliphatic carbocycles.